The summed E-state index contributed by atoms with van der Waals surface area (Å²) >= 11 is 12.1. The van der Waals surface area contributed by atoms with Gasteiger partial charge in [-0.05, 0) is 67.1 Å². The number of hydrogen-bond donors (Lipinski definition) is 1. The summed E-state index contributed by atoms with van der Waals surface area (Å²) < 4.78 is 11.2. The summed E-state index contributed by atoms with van der Waals surface area (Å²) in [6.07, 6.45) is 1.49. The molecular formula is C23H20Cl2N2O3. The Hall–Kier alpha value is -3.02. The van der Waals surface area contributed by atoms with Crippen LogP contribution in [-0.4, -0.2) is 18.7 Å². The quantitative estimate of drug-likeness (QED) is 0.357. The highest BCUT2D eigenvalue weighted by Crippen LogP contribution is 2.23. The SMILES string of the molecule is CCOc1ccc(C(=O)N/N=C/c2cc(Cl)ccc2OCc2cccc(Cl)c2)cc1. The van der Waals surface area contributed by atoms with Gasteiger partial charge in [-0.2, -0.15) is 5.10 Å². The molecule has 3 rings (SSSR count). The summed E-state index contributed by atoms with van der Waals surface area (Å²) in [6.45, 7) is 2.80. The van der Waals surface area contributed by atoms with E-state index >= 15 is 0 Å². The predicted molar refractivity (Wildman–Crippen MR) is 120 cm³/mol. The van der Waals surface area contributed by atoms with Gasteiger partial charge in [-0.15, -0.1) is 0 Å². The van der Waals surface area contributed by atoms with Gasteiger partial charge in [-0.25, -0.2) is 5.43 Å². The van der Waals surface area contributed by atoms with Crippen LogP contribution in [0.5, 0.6) is 11.5 Å². The Kier molecular flexibility index (Phi) is 7.71. The lowest BCUT2D eigenvalue weighted by molar-refractivity contribution is 0.0955. The monoisotopic (exact) mass is 442 g/mol. The fourth-order valence-electron chi connectivity index (χ4n) is 2.63. The van der Waals surface area contributed by atoms with Gasteiger partial charge < -0.3 is 9.47 Å². The second-order valence-electron chi connectivity index (χ2n) is 6.26. The van der Waals surface area contributed by atoms with Crippen LogP contribution in [-0.2, 0) is 6.61 Å². The average Bonchev–Trinajstić information content (AvgIpc) is 2.74. The zero-order valence-electron chi connectivity index (χ0n) is 16.3. The van der Waals surface area contributed by atoms with Crippen molar-refractivity contribution in [1.82, 2.24) is 5.43 Å². The van der Waals surface area contributed by atoms with E-state index in [-0.39, 0.29) is 5.91 Å². The van der Waals surface area contributed by atoms with Gasteiger partial charge in [-0.1, -0.05) is 35.3 Å². The number of halogens is 2. The third-order valence-electron chi connectivity index (χ3n) is 4.05. The standard InChI is InChI=1S/C23H20Cl2N2O3/c1-2-29-21-9-6-17(7-10-21)23(28)27-26-14-18-13-20(25)8-11-22(18)30-15-16-4-3-5-19(24)12-16/h3-14H,2,15H2,1H3,(H,27,28)/b26-14+. The van der Waals surface area contributed by atoms with Gasteiger partial charge in [0.25, 0.3) is 5.91 Å². The van der Waals surface area contributed by atoms with E-state index in [4.69, 9.17) is 32.7 Å². The van der Waals surface area contributed by atoms with Gasteiger partial charge in [0.05, 0.1) is 12.8 Å². The first kappa shape index (κ1) is 21.7. The number of nitrogens with zero attached hydrogens (tertiary/aromatic N) is 1. The van der Waals surface area contributed by atoms with Crippen LogP contribution in [0.2, 0.25) is 10.0 Å². The number of carbonyl (C=O) groups excluding carboxylic acids is 1. The van der Waals surface area contributed by atoms with Crippen LogP contribution in [0.25, 0.3) is 0 Å². The zero-order valence-corrected chi connectivity index (χ0v) is 17.8. The van der Waals surface area contributed by atoms with Gasteiger partial charge in [0.15, 0.2) is 0 Å². The Balaban J connectivity index is 1.65. The van der Waals surface area contributed by atoms with Crippen molar-refractivity contribution in [2.24, 2.45) is 5.10 Å². The minimum absolute atomic E-state index is 0.335. The van der Waals surface area contributed by atoms with E-state index in [1.807, 2.05) is 25.1 Å². The van der Waals surface area contributed by atoms with Crippen molar-refractivity contribution in [3.8, 4) is 11.5 Å². The van der Waals surface area contributed by atoms with Crippen molar-refractivity contribution in [3.05, 3.63) is 93.5 Å². The van der Waals surface area contributed by atoms with Crippen LogP contribution in [0.15, 0.2) is 71.8 Å². The van der Waals surface area contributed by atoms with Gasteiger partial charge in [0, 0.05) is 21.2 Å². The molecule has 0 radical (unpaired) electrons. The molecule has 0 heterocycles. The highest BCUT2D eigenvalue weighted by Gasteiger charge is 2.06. The fraction of sp³-hybridized carbons (Fsp3) is 0.130. The molecule has 7 heteroatoms. The molecule has 1 amide bonds. The lowest BCUT2D eigenvalue weighted by Gasteiger charge is -2.10. The number of hydrogen-bond acceptors (Lipinski definition) is 4. The van der Waals surface area contributed by atoms with Crippen LogP contribution in [0.1, 0.15) is 28.4 Å². The first-order chi connectivity index (χ1) is 14.5. The van der Waals surface area contributed by atoms with Crippen molar-refractivity contribution in [2.75, 3.05) is 6.61 Å². The van der Waals surface area contributed by atoms with Crippen LogP contribution in [0.3, 0.4) is 0 Å². The Morgan fingerprint density at radius 3 is 2.50 bits per heavy atom. The number of rotatable bonds is 8. The van der Waals surface area contributed by atoms with Crippen molar-refractivity contribution in [3.63, 3.8) is 0 Å². The Labute approximate surface area is 185 Å². The molecule has 0 saturated heterocycles. The minimum atomic E-state index is -0.335. The first-order valence-electron chi connectivity index (χ1n) is 9.28. The second kappa shape index (κ2) is 10.7. The van der Waals surface area contributed by atoms with Crippen LogP contribution < -0.4 is 14.9 Å². The molecule has 1 N–H and O–H groups in total. The Morgan fingerprint density at radius 2 is 1.77 bits per heavy atom. The molecule has 0 aromatic heterocycles. The predicted octanol–water partition coefficient (Wildman–Crippen LogP) is 5.74. The number of hydrazone groups is 1. The van der Waals surface area contributed by atoms with Crippen molar-refractivity contribution in [1.29, 1.82) is 0 Å². The number of carbonyl (C=O) groups is 1. The van der Waals surface area contributed by atoms with E-state index in [9.17, 15) is 4.79 Å². The van der Waals surface area contributed by atoms with Gasteiger partial charge in [0.2, 0.25) is 0 Å². The molecule has 0 atom stereocenters. The van der Waals surface area contributed by atoms with Gasteiger partial charge >= 0.3 is 0 Å². The fourth-order valence-corrected chi connectivity index (χ4v) is 3.03. The van der Waals surface area contributed by atoms with Crippen LogP contribution >= 0.6 is 23.2 Å². The molecule has 0 saturated carbocycles. The van der Waals surface area contributed by atoms with Crippen molar-refractivity contribution < 1.29 is 14.3 Å². The second-order valence-corrected chi connectivity index (χ2v) is 7.13. The van der Waals surface area contributed by atoms with Gasteiger partial charge in [-0.3, -0.25) is 4.79 Å². The molecular weight excluding hydrogens is 423 g/mol. The smallest absolute Gasteiger partial charge is 0.271 e. The molecule has 0 aliphatic heterocycles. The highest BCUT2D eigenvalue weighted by atomic mass is 35.5. The molecule has 30 heavy (non-hydrogen) atoms. The maximum Gasteiger partial charge on any atom is 0.271 e. The molecule has 154 valence electrons. The number of benzene rings is 3. The van der Waals surface area contributed by atoms with E-state index in [2.05, 4.69) is 10.5 Å². The minimum Gasteiger partial charge on any atom is -0.494 e. The summed E-state index contributed by atoms with van der Waals surface area (Å²) in [5.74, 6) is 0.953. The molecule has 3 aromatic rings. The number of nitrogens with one attached hydrogen (secondary N) is 1. The first-order valence-corrected chi connectivity index (χ1v) is 10.0. The molecule has 5 nitrogen and oxygen atoms in total. The Bertz CT molecular complexity index is 1040. The topological polar surface area (TPSA) is 59.9 Å². The molecule has 0 fully saturated rings. The van der Waals surface area contributed by atoms with E-state index in [0.29, 0.717) is 45.9 Å². The number of ether oxygens (including phenoxy) is 2. The normalized spacial score (nSPS) is 10.8. The molecule has 0 aliphatic carbocycles. The third kappa shape index (κ3) is 6.24. The number of amides is 1. The van der Waals surface area contributed by atoms with Crippen molar-refractivity contribution >= 4 is 35.3 Å². The van der Waals surface area contributed by atoms with Crippen LogP contribution in [0, 0.1) is 0 Å². The average molecular weight is 443 g/mol. The molecule has 0 spiro atoms. The van der Waals surface area contributed by atoms with E-state index in [1.54, 1.807) is 48.5 Å². The lowest BCUT2D eigenvalue weighted by Crippen LogP contribution is -2.17. The third-order valence-corrected chi connectivity index (χ3v) is 4.52. The molecule has 0 unspecified atom stereocenters. The molecule has 0 bridgehead atoms. The maximum atomic E-state index is 12.3. The van der Waals surface area contributed by atoms with E-state index in [0.717, 1.165) is 5.56 Å². The summed E-state index contributed by atoms with van der Waals surface area (Å²) in [5, 5.41) is 5.21. The van der Waals surface area contributed by atoms with Crippen LogP contribution in [0.4, 0.5) is 0 Å². The van der Waals surface area contributed by atoms with E-state index < -0.39 is 0 Å². The zero-order chi connectivity index (χ0) is 21.3. The maximum absolute atomic E-state index is 12.3. The Morgan fingerprint density at radius 1 is 1.00 bits per heavy atom. The molecule has 3 aromatic carbocycles. The van der Waals surface area contributed by atoms with Crippen molar-refractivity contribution in [2.45, 2.75) is 13.5 Å². The lowest BCUT2D eigenvalue weighted by atomic mass is 10.2. The summed E-state index contributed by atoms with van der Waals surface area (Å²) in [4.78, 5) is 12.3. The van der Waals surface area contributed by atoms with E-state index in [1.165, 1.54) is 6.21 Å². The summed E-state index contributed by atoms with van der Waals surface area (Å²) in [7, 11) is 0. The summed E-state index contributed by atoms with van der Waals surface area (Å²) in [6, 6.07) is 19.4. The highest BCUT2D eigenvalue weighted by molar-refractivity contribution is 6.31. The van der Waals surface area contributed by atoms with Gasteiger partial charge in [0.1, 0.15) is 18.1 Å². The summed E-state index contributed by atoms with van der Waals surface area (Å²) in [5.41, 5.74) is 4.54. The largest absolute Gasteiger partial charge is 0.494 e. The molecule has 0 aliphatic rings.